The molecule has 0 bridgehead atoms. The van der Waals surface area contributed by atoms with E-state index in [0.29, 0.717) is 11.4 Å². The lowest BCUT2D eigenvalue weighted by atomic mass is 10.1. The average molecular weight is 466 g/mol. The Morgan fingerprint density at radius 3 is 2.07 bits per heavy atom. The smallest absolute Gasteiger partial charge is 0.288 e. The monoisotopic (exact) mass is 466 g/mol. The predicted octanol–water partition coefficient (Wildman–Crippen LogP) is 5.85. The largest absolute Gasteiger partial charge is 0.299 e. The molecular formula is C21H15IN4O. The first kappa shape index (κ1) is 17.4. The summed E-state index contributed by atoms with van der Waals surface area (Å²) >= 11 is 2.23. The molecule has 0 aliphatic heterocycles. The molecule has 27 heavy (non-hydrogen) atoms. The van der Waals surface area contributed by atoms with Crippen molar-refractivity contribution in [2.45, 2.75) is 0 Å². The number of hydrogen-bond acceptors (Lipinski definition) is 3. The SMILES string of the molecule is O=c1c(N=Nc2ccc(I)cc2)c(-c2ccccc2)[nH]n1-c1ccccc1. The van der Waals surface area contributed by atoms with Crippen molar-refractivity contribution < 1.29 is 0 Å². The molecule has 6 heteroatoms. The molecule has 3 aromatic carbocycles. The van der Waals surface area contributed by atoms with Crippen molar-refractivity contribution >= 4 is 34.0 Å². The number of aromatic nitrogens is 2. The van der Waals surface area contributed by atoms with Crippen molar-refractivity contribution in [2.75, 3.05) is 0 Å². The van der Waals surface area contributed by atoms with Crippen LogP contribution < -0.4 is 5.56 Å². The van der Waals surface area contributed by atoms with Crippen molar-refractivity contribution in [3.05, 3.63) is 98.9 Å². The zero-order chi connectivity index (χ0) is 18.6. The van der Waals surface area contributed by atoms with Gasteiger partial charge in [-0.25, -0.2) is 4.68 Å². The molecule has 0 aliphatic rings. The number of para-hydroxylation sites is 1. The van der Waals surface area contributed by atoms with E-state index in [9.17, 15) is 4.79 Å². The van der Waals surface area contributed by atoms with Crippen LogP contribution in [0.4, 0.5) is 11.4 Å². The molecule has 1 aromatic heterocycles. The summed E-state index contributed by atoms with van der Waals surface area (Å²) in [6.45, 7) is 0. The molecule has 0 amide bonds. The highest BCUT2D eigenvalue weighted by Crippen LogP contribution is 2.28. The van der Waals surface area contributed by atoms with Gasteiger partial charge in [0.15, 0.2) is 5.69 Å². The summed E-state index contributed by atoms with van der Waals surface area (Å²) < 4.78 is 2.61. The van der Waals surface area contributed by atoms with E-state index in [4.69, 9.17) is 0 Å². The van der Waals surface area contributed by atoms with E-state index >= 15 is 0 Å². The molecule has 0 fully saturated rings. The first-order valence-corrected chi connectivity index (χ1v) is 9.43. The topological polar surface area (TPSA) is 62.5 Å². The van der Waals surface area contributed by atoms with E-state index in [1.807, 2.05) is 84.9 Å². The second-order valence-electron chi connectivity index (χ2n) is 5.85. The first-order valence-electron chi connectivity index (χ1n) is 8.35. The van der Waals surface area contributed by atoms with Crippen LogP contribution in [0.5, 0.6) is 0 Å². The quantitative estimate of drug-likeness (QED) is 0.298. The number of azo groups is 1. The maximum atomic E-state index is 13.0. The van der Waals surface area contributed by atoms with Gasteiger partial charge in [0.1, 0.15) is 0 Å². The minimum atomic E-state index is -0.241. The third-order valence-electron chi connectivity index (χ3n) is 4.04. The molecule has 132 valence electrons. The third-order valence-corrected chi connectivity index (χ3v) is 4.75. The van der Waals surface area contributed by atoms with Crippen LogP contribution in [0.15, 0.2) is 100.0 Å². The molecule has 0 saturated carbocycles. The van der Waals surface area contributed by atoms with Crippen LogP contribution in [-0.2, 0) is 0 Å². The molecule has 4 aromatic rings. The summed E-state index contributed by atoms with van der Waals surface area (Å²) in [7, 11) is 0. The summed E-state index contributed by atoms with van der Waals surface area (Å²) in [4.78, 5) is 13.0. The molecule has 5 nitrogen and oxygen atoms in total. The highest BCUT2D eigenvalue weighted by Gasteiger charge is 2.16. The van der Waals surface area contributed by atoms with Gasteiger partial charge in [0, 0.05) is 9.13 Å². The highest BCUT2D eigenvalue weighted by atomic mass is 127. The van der Waals surface area contributed by atoms with Gasteiger partial charge < -0.3 is 0 Å². The highest BCUT2D eigenvalue weighted by molar-refractivity contribution is 14.1. The number of nitrogens with zero attached hydrogens (tertiary/aromatic N) is 3. The average Bonchev–Trinajstić information content (AvgIpc) is 3.05. The van der Waals surface area contributed by atoms with Gasteiger partial charge in [0.05, 0.1) is 17.1 Å². The number of H-pyrrole nitrogens is 1. The standard InChI is InChI=1S/C21H15IN4O/c22-16-11-13-17(14-12-16)23-24-20-19(15-7-3-1-4-8-15)25-26(21(20)27)18-9-5-2-6-10-18/h1-14,25H. The van der Waals surface area contributed by atoms with Crippen LogP contribution >= 0.6 is 22.6 Å². The van der Waals surface area contributed by atoms with Crippen molar-refractivity contribution in [1.29, 1.82) is 0 Å². The van der Waals surface area contributed by atoms with E-state index in [1.54, 1.807) is 0 Å². The zero-order valence-electron chi connectivity index (χ0n) is 14.2. The van der Waals surface area contributed by atoms with Gasteiger partial charge >= 0.3 is 0 Å². The Kier molecular flexibility index (Phi) is 4.97. The Bertz CT molecular complexity index is 1130. The third kappa shape index (κ3) is 3.75. The van der Waals surface area contributed by atoms with E-state index in [-0.39, 0.29) is 11.2 Å². The van der Waals surface area contributed by atoms with Crippen molar-refractivity contribution in [3.63, 3.8) is 0 Å². The van der Waals surface area contributed by atoms with Crippen LogP contribution in [0.3, 0.4) is 0 Å². The van der Waals surface area contributed by atoms with Gasteiger partial charge in [-0.15, -0.1) is 5.11 Å². The predicted molar refractivity (Wildman–Crippen MR) is 115 cm³/mol. The molecule has 0 spiro atoms. The minimum absolute atomic E-state index is 0.241. The van der Waals surface area contributed by atoms with Crippen LogP contribution in [0.1, 0.15) is 0 Å². The van der Waals surface area contributed by atoms with Crippen molar-refractivity contribution in [3.8, 4) is 16.9 Å². The molecule has 0 saturated heterocycles. The summed E-state index contributed by atoms with van der Waals surface area (Å²) in [6.07, 6.45) is 0. The molecule has 4 rings (SSSR count). The van der Waals surface area contributed by atoms with E-state index in [1.165, 1.54) is 4.68 Å². The summed E-state index contributed by atoms with van der Waals surface area (Å²) in [5.74, 6) is 0. The van der Waals surface area contributed by atoms with Gasteiger partial charge in [0.2, 0.25) is 0 Å². The second-order valence-corrected chi connectivity index (χ2v) is 7.10. The fourth-order valence-corrected chi connectivity index (χ4v) is 3.06. The molecular weight excluding hydrogens is 451 g/mol. The van der Waals surface area contributed by atoms with Crippen LogP contribution in [0.2, 0.25) is 0 Å². The Balaban J connectivity index is 1.85. The van der Waals surface area contributed by atoms with Crippen molar-refractivity contribution in [1.82, 2.24) is 9.78 Å². The molecule has 0 aliphatic carbocycles. The van der Waals surface area contributed by atoms with Crippen molar-refractivity contribution in [2.24, 2.45) is 10.2 Å². The maximum absolute atomic E-state index is 13.0. The summed E-state index contributed by atoms with van der Waals surface area (Å²) in [6, 6.07) is 26.7. The molecule has 1 heterocycles. The number of rotatable bonds is 4. The van der Waals surface area contributed by atoms with Crippen LogP contribution in [-0.4, -0.2) is 9.78 Å². The van der Waals surface area contributed by atoms with E-state index < -0.39 is 0 Å². The Morgan fingerprint density at radius 2 is 1.41 bits per heavy atom. The lowest BCUT2D eigenvalue weighted by Gasteiger charge is -2.01. The lowest BCUT2D eigenvalue weighted by molar-refractivity contribution is 0.852. The van der Waals surface area contributed by atoms with Gasteiger partial charge in [-0.05, 0) is 59.0 Å². The molecule has 0 radical (unpaired) electrons. The van der Waals surface area contributed by atoms with Crippen LogP contribution in [0, 0.1) is 3.57 Å². The van der Waals surface area contributed by atoms with Gasteiger partial charge in [0.25, 0.3) is 5.56 Å². The Labute approximate surface area is 169 Å². The number of hydrogen-bond donors (Lipinski definition) is 1. The molecule has 0 unspecified atom stereocenters. The summed E-state index contributed by atoms with van der Waals surface area (Å²) in [5, 5.41) is 11.7. The molecule has 0 atom stereocenters. The van der Waals surface area contributed by atoms with Gasteiger partial charge in [-0.2, -0.15) is 5.11 Å². The zero-order valence-corrected chi connectivity index (χ0v) is 16.4. The maximum Gasteiger partial charge on any atom is 0.299 e. The lowest BCUT2D eigenvalue weighted by Crippen LogP contribution is -2.13. The number of halogens is 1. The number of aromatic amines is 1. The van der Waals surface area contributed by atoms with Gasteiger partial charge in [-0.3, -0.25) is 9.89 Å². The van der Waals surface area contributed by atoms with Gasteiger partial charge in [-0.1, -0.05) is 48.5 Å². The minimum Gasteiger partial charge on any atom is -0.288 e. The Hall–Kier alpha value is -3.00. The first-order chi connectivity index (χ1) is 13.2. The van der Waals surface area contributed by atoms with E-state index in [0.717, 1.165) is 14.8 Å². The number of nitrogens with one attached hydrogen (secondary N) is 1. The summed E-state index contributed by atoms with van der Waals surface area (Å²) in [5.41, 5.74) is 2.99. The second kappa shape index (κ2) is 7.71. The number of benzene rings is 3. The van der Waals surface area contributed by atoms with E-state index in [2.05, 4.69) is 37.9 Å². The fraction of sp³-hybridized carbons (Fsp3) is 0. The fourth-order valence-electron chi connectivity index (χ4n) is 2.70. The normalized spacial score (nSPS) is 11.1. The molecule has 1 N–H and O–H groups in total. The van der Waals surface area contributed by atoms with Crippen LogP contribution in [0.25, 0.3) is 16.9 Å². The Morgan fingerprint density at radius 1 is 0.778 bits per heavy atom.